The molecule has 2 unspecified atom stereocenters. The van der Waals surface area contributed by atoms with Gasteiger partial charge in [-0.05, 0) is 24.5 Å². The smallest absolute Gasteiger partial charge is 0.308 e. The van der Waals surface area contributed by atoms with E-state index in [-0.39, 0.29) is 29.1 Å². The van der Waals surface area contributed by atoms with Gasteiger partial charge >= 0.3 is 5.97 Å². The highest BCUT2D eigenvalue weighted by molar-refractivity contribution is 7.89. The number of aromatic nitrogens is 2. The van der Waals surface area contributed by atoms with E-state index in [2.05, 4.69) is 4.98 Å². The van der Waals surface area contributed by atoms with E-state index in [1.54, 1.807) is 24.4 Å². The normalized spacial score (nSPS) is 22.5. The lowest BCUT2D eigenvalue weighted by Gasteiger charge is -2.29. The molecule has 0 amide bonds. The molecule has 3 rings (SSSR count). The summed E-state index contributed by atoms with van der Waals surface area (Å²) in [5, 5.41) is 9.18. The Bertz CT molecular complexity index is 893. The first-order valence-corrected chi connectivity index (χ1v) is 9.44. The lowest BCUT2D eigenvalue weighted by atomic mass is 9.92. The van der Waals surface area contributed by atoms with Gasteiger partial charge < -0.3 is 5.11 Å². The van der Waals surface area contributed by atoms with Crippen molar-refractivity contribution in [2.24, 2.45) is 11.8 Å². The zero-order chi connectivity index (χ0) is 17.6. The Hall–Kier alpha value is -1.64. The van der Waals surface area contributed by atoms with Crippen LogP contribution in [0.15, 0.2) is 29.4 Å². The van der Waals surface area contributed by atoms with Crippen LogP contribution < -0.4 is 0 Å². The molecule has 0 bridgehead atoms. The maximum Gasteiger partial charge on any atom is 0.308 e. The molecular weight excluding hydrogens is 354 g/mol. The SMILES string of the molecule is CC(C)C1C(C(=O)O)CCN1S(=O)(=O)c1c(Cl)nc2ccccn12. The van der Waals surface area contributed by atoms with E-state index < -0.39 is 28.0 Å². The van der Waals surface area contributed by atoms with E-state index in [4.69, 9.17) is 11.6 Å². The van der Waals surface area contributed by atoms with Gasteiger partial charge in [0.15, 0.2) is 10.2 Å². The van der Waals surface area contributed by atoms with Crippen LogP contribution in [0.3, 0.4) is 0 Å². The summed E-state index contributed by atoms with van der Waals surface area (Å²) in [5.41, 5.74) is 0.427. The molecule has 7 nitrogen and oxygen atoms in total. The largest absolute Gasteiger partial charge is 0.481 e. The third kappa shape index (κ3) is 2.58. The van der Waals surface area contributed by atoms with Gasteiger partial charge in [-0.1, -0.05) is 31.5 Å². The van der Waals surface area contributed by atoms with E-state index in [1.807, 2.05) is 13.8 Å². The van der Waals surface area contributed by atoms with Gasteiger partial charge in [-0.2, -0.15) is 4.31 Å². The number of imidazole rings is 1. The number of pyridine rings is 1. The molecule has 130 valence electrons. The van der Waals surface area contributed by atoms with Crippen molar-refractivity contribution in [3.8, 4) is 0 Å². The van der Waals surface area contributed by atoms with Crippen molar-refractivity contribution in [2.45, 2.75) is 31.3 Å². The second kappa shape index (κ2) is 6.02. The first kappa shape index (κ1) is 17.2. The number of rotatable bonds is 4. The highest BCUT2D eigenvalue weighted by Gasteiger charge is 2.47. The fourth-order valence-electron chi connectivity index (χ4n) is 3.42. The Morgan fingerprint density at radius 2 is 2.12 bits per heavy atom. The van der Waals surface area contributed by atoms with Crippen LogP contribution in [0.2, 0.25) is 5.15 Å². The highest BCUT2D eigenvalue weighted by Crippen LogP contribution is 2.36. The molecule has 24 heavy (non-hydrogen) atoms. The predicted octanol–water partition coefficient (Wildman–Crippen LogP) is 2.11. The van der Waals surface area contributed by atoms with E-state index in [9.17, 15) is 18.3 Å². The molecule has 0 aromatic carbocycles. The molecule has 1 aliphatic rings. The third-order valence-corrected chi connectivity index (χ3v) is 6.70. The van der Waals surface area contributed by atoms with E-state index in [1.165, 1.54) is 8.71 Å². The number of aliphatic carboxylic acids is 1. The summed E-state index contributed by atoms with van der Waals surface area (Å²) >= 11 is 6.10. The molecule has 1 aliphatic heterocycles. The van der Waals surface area contributed by atoms with Crippen LogP contribution in [0.4, 0.5) is 0 Å². The fourth-order valence-corrected chi connectivity index (χ4v) is 5.83. The Morgan fingerprint density at radius 3 is 2.75 bits per heavy atom. The van der Waals surface area contributed by atoms with E-state index in [0.717, 1.165) is 0 Å². The zero-order valence-corrected chi connectivity index (χ0v) is 14.8. The number of fused-ring (bicyclic) bond motifs is 1. The molecule has 1 saturated heterocycles. The van der Waals surface area contributed by atoms with Crippen molar-refractivity contribution in [1.82, 2.24) is 13.7 Å². The minimum atomic E-state index is -3.97. The Balaban J connectivity index is 2.13. The Morgan fingerprint density at radius 1 is 1.42 bits per heavy atom. The Labute approximate surface area is 144 Å². The quantitative estimate of drug-likeness (QED) is 0.888. The zero-order valence-electron chi connectivity index (χ0n) is 13.3. The highest BCUT2D eigenvalue weighted by atomic mass is 35.5. The summed E-state index contributed by atoms with van der Waals surface area (Å²) in [6.45, 7) is 3.80. The number of nitrogens with zero attached hydrogens (tertiary/aromatic N) is 3. The average molecular weight is 372 g/mol. The fraction of sp³-hybridized carbons (Fsp3) is 0.467. The van der Waals surface area contributed by atoms with Crippen LogP contribution in [0.5, 0.6) is 0 Å². The average Bonchev–Trinajstić information content (AvgIpc) is 3.07. The monoisotopic (exact) mass is 371 g/mol. The molecule has 0 radical (unpaired) electrons. The van der Waals surface area contributed by atoms with Crippen molar-refractivity contribution in [3.05, 3.63) is 29.5 Å². The molecule has 2 atom stereocenters. The van der Waals surface area contributed by atoms with Crippen LogP contribution in [0, 0.1) is 11.8 Å². The second-order valence-corrected chi connectivity index (χ2v) is 8.38. The number of hydrogen-bond donors (Lipinski definition) is 1. The van der Waals surface area contributed by atoms with Crippen LogP contribution in [0.1, 0.15) is 20.3 Å². The lowest BCUT2D eigenvalue weighted by molar-refractivity contribution is -0.142. The minimum Gasteiger partial charge on any atom is -0.481 e. The van der Waals surface area contributed by atoms with Crippen molar-refractivity contribution in [2.75, 3.05) is 6.54 Å². The maximum absolute atomic E-state index is 13.2. The molecule has 2 aromatic rings. The molecule has 1 N–H and O–H groups in total. The van der Waals surface area contributed by atoms with Crippen LogP contribution in [0.25, 0.3) is 5.65 Å². The van der Waals surface area contributed by atoms with E-state index >= 15 is 0 Å². The lowest BCUT2D eigenvalue weighted by Crippen LogP contribution is -2.43. The van der Waals surface area contributed by atoms with Gasteiger partial charge in [-0.3, -0.25) is 9.20 Å². The number of carboxylic acid groups (broad SMARTS) is 1. The molecule has 2 aromatic heterocycles. The van der Waals surface area contributed by atoms with Gasteiger partial charge in [0.25, 0.3) is 10.0 Å². The van der Waals surface area contributed by atoms with Crippen LogP contribution in [-0.4, -0.2) is 45.8 Å². The molecule has 3 heterocycles. The molecule has 1 fully saturated rings. The van der Waals surface area contributed by atoms with Crippen LogP contribution in [-0.2, 0) is 14.8 Å². The number of carbonyl (C=O) groups is 1. The summed E-state index contributed by atoms with van der Waals surface area (Å²) in [5.74, 6) is -1.84. The minimum absolute atomic E-state index is 0.109. The van der Waals surface area contributed by atoms with Gasteiger partial charge in [0.05, 0.1) is 5.92 Å². The third-order valence-electron chi connectivity index (χ3n) is 4.40. The molecule has 0 aliphatic carbocycles. The summed E-state index contributed by atoms with van der Waals surface area (Å²) in [7, 11) is -3.97. The summed E-state index contributed by atoms with van der Waals surface area (Å²) in [6, 6.07) is 4.48. The second-order valence-electron chi connectivity index (χ2n) is 6.22. The van der Waals surface area contributed by atoms with Gasteiger partial charge in [0.1, 0.15) is 5.65 Å². The number of halogens is 1. The van der Waals surface area contributed by atoms with Gasteiger partial charge in [0.2, 0.25) is 0 Å². The summed E-state index contributed by atoms with van der Waals surface area (Å²) in [4.78, 5) is 15.6. The first-order valence-electron chi connectivity index (χ1n) is 7.62. The van der Waals surface area contributed by atoms with Crippen molar-refractivity contribution in [1.29, 1.82) is 0 Å². The van der Waals surface area contributed by atoms with Gasteiger partial charge in [-0.25, -0.2) is 13.4 Å². The number of carboxylic acids is 1. The topological polar surface area (TPSA) is 92.0 Å². The maximum atomic E-state index is 13.2. The molecule has 0 spiro atoms. The van der Waals surface area contributed by atoms with Crippen LogP contribution >= 0.6 is 11.6 Å². The van der Waals surface area contributed by atoms with Crippen molar-refractivity contribution >= 4 is 33.2 Å². The predicted molar refractivity (Wildman–Crippen MR) is 88.5 cm³/mol. The van der Waals surface area contributed by atoms with Gasteiger partial charge in [0, 0.05) is 18.8 Å². The molecule has 9 heteroatoms. The van der Waals surface area contributed by atoms with E-state index in [0.29, 0.717) is 5.65 Å². The summed E-state index contributed by atoms with van der Waals surface area (Å²) < 4.78 is 29.1. The Kier molecular flexibility index (Phi) is 4.31. The van der Waals surface area contributed by atoms with Crippen molar-refractivity contribution in [3.63, 3.8) is 0 Å². The van der Waals surface area contributed by atoms with Gasteiger partial charge in [-0.15, -0.1) is 0 Å². The van der Waals surface area contributed by atoms with Crippen molar-refractivity contribution < 1.29 is 18.3 Å². The molecule has 0 saturated carbocycles. The number of sulfonamides is 1. The number of hydrogen-bond acceptors (Lipinski definition) is 4. The standard InChI is InChI=1S/C15H18ClN3O4S/c1-9(2)12-10(15(20)21)6-8-19(12)24(22,23)14-13(16)17-11-5-3-4-7-18(11)14/h3-5,7,9-10,12H,6,8H2,1-2H3,(H,20,21). The summed E-state index contributed by atoms with van der Waals surface area (Å²) in [6.07, 6.45) is 1.86. The molecular formula is C15H18ClN3O4S. The first-order chi connectivity index (χ1) is 11.2.